The van der Waals surface area contributed by atoms with E-state index in [0.29, 0.717) is 11.5 Å². The van der Waals surface area contributed by atoms with E-state index in [1.54, 1.807) is 0 Å². The quantitative estimate of drug-likeness (QED) is 0.152. The molecule has 0 spiro atoms. The van der Waals surface area contributed by atoms with Gasteiger partial charge in [0.2, 0.25) is 0 Å². The monoisotopic (exact) mass is 718 g/mol. The van der Waals surface area contributed by atoms with Crippen LogP contribution in [-0.4, -0.2) is 11.4 Å². The number of hydrogen-bond acceptors (Lipinski definition) is 4. The Morgan fingerprint density at radius 1 is 0.944 bits per heavy atom. The largest absolute Gasteiger partial charge is 0.487 e. The average Bonchev–Trinajstić information content (AvgIpc) is 3.22. The number of nitrogens with one attached hydrogen (secondary N) is 2. The minimum Gasteiger partial charge on any atom is -0.487 e. The lowest BCUT2D eigenvalue weighted by molar-refractivity contribution is -0.116. The van der Waals surface area contributed by atoms with Gasteiger partial charge in [0, 0.05) is 5.69 Å². The van der Waals surface area contributed by atoms with Gasteiger partial charge >= 0.3 is 0 Å². The number of aryl methyl sites for hydroxylation is 1. The van der Waals surface area contributed by atoms with E-state index in [1.165, 1.54) is 28.1 Å². The lowest BCUT2D eigenvalue weighted by Gasteiger charge is -2.13. The first-order chi connectivity index (χ1) is 17.5. The fraction of sp³-hybridized carbons (Fsp3) is 0.138. The molecule has 4 aromatic carbocycles. The lowest BCUT2D eigenvalue weighted by atomic mass is 10.1. The maximum Gasteiger partial charge on any atom is 0.260 e. The van der Waals surface area contributed by atoms with Gasteiger partial charge in [-0.25, -0.2) is 0 Å². The highest BCUT2D eigenvalue weighted by Crippen LogP contribution is 2.34. The molecule has 4 aromatic rings. The number of hydrogen-bond donors (Lipinski definition) is 2. The summed E-state index contributed by atoms with van der Waals surface area (Å²) >= 11 is 6.11. The second-order valence-corrected chi connectivity index (χ2v) is 11.9. The van der Waals surface area contributed by atoms with Crippen molar-refractivity contribution >= 4 is 85.4 Å². The van der Waals surface area contributed by atoms with E-state index in [9.17, 15) is 4.79 Å². The van der Waals surface area contributed by atoms with Crippen LogP contribution in [0.1, 0.15) is 23.6 Å². The normalized spacial score (nSPS) is 16.4. The number of carbonyl (C=O) groups is 1. The SMILES string of the molecule is CCc1ccc(N[C@H]2NC(=O)/C(=C/c3cc(I)c(OCc4ccc5ccccc5c4)c(I)c3)S2)cc1. The molecule has 1 fully saturated rings. The third-order valence-corrected chi connectivity index (χ3v) is 8.54. The molecule has 0 unspecified atom stereocenters. The molecule has 1 aliphatic heterocycles. The fourth-order valence-corrected chi connectivity index (χ4v) is 7.10. The molecular formula is C29H24I2N2O2S. The molecule has 0 radical (unpaired) electrons. The molecular weight excluding hydrogens is 694 g/mol. The Morgan fingerprint density at radius 3 is 2.36 bits per heavy atom. The Balaban J connectivity index is 1.26. The molecule has 1 saturated heterocycles. The van der Waals surface area contributed by atoms with Gasteiger partial charge in [0.05, 0.1) is 12.0 Å². The van der Waals surface area contributed by atoms with Crippen LogP contribution < -0.4 is 15.4 Å². The van der Waals surface area contributed by atoms with Crippen molar-refractivity contribution in [2.24, 2.45) is 0 Å². The number of carbonyl (C=O) groups excluding carboxylic acids is 1. The molecule has 7 heteroatoms. The van der Waals surface area contributed by atoms with Crippen LogP contribution in [0.15, 0.2) is 83.8 Å². The van der Waals surface area contributed by atoms with Crippen molar-refractivity contribution < 1.29 is 9.53 Å². The van der Waals surface area contributed by atoms with Gasteiger partial charge < -0.3 is 15.4 Å². The van der Waals surface area contributed by atoms with Crippen LogP contribution >= 0.6 is 56.9 Å². The zero-order valence-corrected chi connectivity index (χ0v) is 24.7. The molecule has 4 nitrogen and oxygen atoms in total. The zero-order chi connectivity index (χ0) is 25.1. The predicted octanol–water partition coefficient (Wildman–Crippen LogP) is 7.79. The van der Waals surface area contributed by atoms with Crippen LogP contribution in [0, 0.1) is 7.14 Å². The van der Waals surface area contributed by atoms with Gasteiger partial charge in [-0.15, -0.1) is 0 Å². The number of amides is 1. The molecule has 1 atom stereocenters. The van der Waals surface area contributed by atoms with Gasteiger partial charge in [-0.2, -0.15) is 0 Å². The minimum absolute atomic E-state index is 0.0654. The topological polar surface area (TPSA) is 50.4 Å². The standard InChI is InChI=1S/C29H24I2N2O2S/c1-2-18-8-11-23(12-9-18)32-29-33-28(34)26(36-29)16-20-14-24(30)27(25(31)15-20)35-17-19-7-10-21-5-3-4-6-22(21)13-19/h3-16,29,32H,2,17H2,1H3,(H,33,34)/b26-16-/t29-/m0/s1. The van der Waals surface area contributed by atoms with Crippen molar-refractivity contribution in [2.75, 3.05) is 5.32 Å². The van der Waals surface area contributed by atoms with Crippen LogP contribution in [0.2, 0.25) is 0 Å². The summed E-state index contributed by atoms with van der Waals surface area (Å²) in [7, 11) is 0. The lowest BCUT2D eigenvalue weighted by Crippen LogP contribution is -2.30. The summed E-state index contributed by atoms with van der Waals surface area (Å²) in [5.74, 6) is 0.800. The Morgan fingerprint density at radius 2 is 1.64 bits per heavy atom. The smallest absolute Gasteiger partial charge is 0.260 e. The van der Waals surface area contributed by atoms with Crippen LogP contribution in [0.4, 0.5) is 5.69 Å². The maximum absolute atomic E-state index is 12.6. The molecule has 0 aliphatic carbocycles. The number of thioether (sulfide) groups is 1. The van der Waals surface area contributed by atoms with Gasteiger partial charge in [-0.05, 0) is 115 Å². The second kappa shape index (κ2) is 11.4. The number of rotatable bonds is 7. The number of fused-ring (bicyclic) bond motifs is 1. The first-order valence-corrected chi connectivity index (χ1v) is 14.7. The van der Waals surface area contributed by atoms with Gasteiger partial charge in [-0.3, -0.25) is 4.79 Å². The average molecular weight is 718 g/mol. The highest BCUT2D eigenvalue weighted by Gasteiger charge is 2.27. The Bertz CT molecular complexity index is 1430. The summed E-state index contributed by atoms with van der Waals surface area (Å²) in [6, 6.07) is 27.2. The van der Waals surface area contributed by atoms with Crippen LogP contribution in [-0.2, 0) is 17.8 Å². The van der Waals surface area contributed by atoms with E-state index in [0.717, 1.165) is 36.1 Å². The highest BCUT2D eigenvalue weighted by molar-refractivity contribution is 14.1. The Labute approximate surface area is 242 Å². The summed E-state index contributed by atoms with van der Waals surface area (Å²) in [4.78, 5) is 13.3. The summed E-state index contributed by atoms with van der Waals surface area (Å²) in [5.41, 5.74) is 4.20. The van der Waals surface area contributed by atoms with E-state index in [4.69, 9.17) is 4.74 Å². The first-order valence-electron chi connectivity index (χ1n) is 11.6. The van der Waals surface area contributed by atoms with Crippen molar-refractivity contribution in [2.45, 2.75) is 25.4 Å². The van der Waals surface area contributed by atoms with E-state index >= 15 is 0 Å². The van der Waals surface area contributed by atoms with Crippen molar-refractivity contribution in [3.05, 3.63) is 108 Å². The third-order valence-electron chi connectivity index (χ3n) is 5.91. The zero-order valence-electron chi connectivity index (χ0n) is 19.6. The van der Waals surface area contributed by atoms with E-state index in [2.05, 4.69) is 142 Å². The van der Waals surface area contributed by atoms with Crippen LogP contribution in [0.5, 0.6) is 5.75 Å². The van der Waals surface area contributed by atoms with Gasteiger partial charge in [0.1, 0.15) is 12.4 Å². The summed E-state index contributed by atoms with van der Waals surface area (Å²) in [6.45, 7) is 2.64. The van der Waals surface area contributed by atoms with E-state index < -0.39 is 0 Å². The number of anilines is 1. The first kappa shape index (κ1) is 25.4. The van der Waals surface area contributed by atoms with Crippen molar-refractivity contribution in [3.63, 3.8) is 0 Å². The highest BCUT2D eigenvalue weighted by atomic mass is 127. The molecule has 1 heterocycles. The van der Waals surface area contributed by atoms with E-state index in [-0.39, 0.29) is 11.4 Å². The van der Waals surface area contributed by atoms with E-state index in [1.807, 2.05) is 6.08 Å². The number of halogens is 2. The molecule has 182 valence electrons. The Kier molecular flexibility index (Phi) is 8.07. The van der Waals surface area contributed by atoms with Crippen LogP contribution in [0.25, 0.3) is 16.8 Å². The molecule has 0 bridgehead atoms. The third kappa shape index (κ3) is 6.00. The molecule has 2 N–H and O–H groups in total. The van der Waals surface area contributed by atoms with Crippen molar-refractivity contribution in [1.29, 1.82) is 0 Å². The summed E-state index contributed by atoms with van der Waals surface area (Å²) in [5, 5.41) is 8.83. The summed E-state index contributed by atoms with van der Waals surface area (Å²) < 4.78 is 8.25. The Hall–Kier alpha value is -2.24. The molecule has 0 saturated carbocycles. The predicted molar refractivity (Wildman–Crippen MR) is 167 cm³/mol. The molecule has 36 heavy (non-hydrogen) atoms. The molecule has 1 amide bonds. The van der Waals surface area contributed by atoms with Crippen LogP contribution in [0.3, 0.4) is 0 Å². The fourth-order valence-electron chi connectivity index (χ4n) is 3.99. The van der Waals surface area contributed by atoms with Gasteiger partial charge in [-0.1, -0.05) is 67.2 Å². The van der Waals surface area contributed by atoms with Crippen molar-refractivity contribution in [3.8, 4) is 5.75 Å². The molecule has 1 aliphatic rings. The summed E-state index contributed by atoms with van der Waals surface area (Å²) in [6.07, 6.45) is 2.95. The van der Waals surface area contributed by atoms with Crippen molar-refractivity contribution in [1.82, 2.24) is 5.32 Å². The maximum atomic E-state index is 12.6. The molecule has 5 rings (SSSR count). The number of ether oxygens (including phenoxy) is 1. The molecule has 0 aromatic heterocycles. The van der Waals surface area contributed by atoms with Gasteiger partial charge in [0.25, 0.3) is 5.91 Å². The second-order valence-electron chi connectivity index (χ2n) is 8.46. The number of benzene rings is 4. The minimum atomic E-state index is -0.195. The van der Waals surface area contributed by atoms with Gasteiger partial charge in [0.15, 0.2) is 5.50 Å².